The third-order valence-corrected chi connectivity index (χ3v) is 5.96. The van der Waals surface area contributed by atoms with Gasteiger partial charge in [0.25, 0.3) is 0 Å². The first-order chi connectivity index (χ1) is 10.4. The lowest BCUT2D eigenvalue weighted by Gasteiger charge is -2.34. The first kappa shape index (κ1) is 15.7. The smallest absolute Gasteiger partial charge is 0.177 e. The molecule has 4 nitrogen and oxygen atoms in total. The Hall–Kier alpha value is -1.23. The highest BCUT2D eigenvalue weighted by Crippen LogP contribution is 2.33. The largest absolute Gasteiger partial charge is 0.371 e. The molecule has 0 aliphatic carbocycles. The lowest BCUT2D eigenvalue weighted by molar-refractivity contribution is 0.447. The van der Waals surface area contributed by atoms with Gasteiger partial charge in [-0.2, -0.15) is 0 Å². The van der Waals surface area contributed by atoms with Crippen LogP contribution in [-0.4, -0.2) is 40.9 Å². The highest BCUT2D eigenvalue weighted by Gasteiger charge is 2.23. The zero-order valence-electron chi connectivity index (χ0n) is 13.6. The number of rotatable bonds is 3. The highest BCUT2D eigenvalue weighted by atomic mass is 32.2. The molecule has 2 heterocycles. The van der Waals surface area contributed by atoms with Gasteiger partial charge in [-0.05, 0) is 49.8 Å². The third kappa shape index (κ3) is 3.24. The SMILES string of the molecule is CC1CCCN(c2ccc(S(C)(=O)=O)c(N3CCCC3)c2)C1. The van der Waals surface area contributed by atoms with Crippen molar-refractivity contribution in [3.63, 3.8) is 0 Å². The molecule has 0 spiro atoms. The molecule has 0 radical (unpaired) electrons. The first-order valence-corrected chi connectivity index (χ1v) is 10.2. The normalized spacial score (nSPS) is 23.1. The second-order valence-corrected chi connectivity index (χ2v) is 8.80. The van der Waals surface area contributed by atoms with Crippen molar-refractivity contribution < 1.29 is 8.42 Å². The van der Waals surface area contributed by atoms with E-state index in [4.69, 9.17) is 0 Å². The van der Waals surface area contributed by atoms with Crippen LogP contribution in [0.2, 0.25) is 0 Å². The van der Waals surface area contributed by atoms with Crippen molar-refractivity contribution >= 4 is 21.2 Å². The van der Waals surface area contributed by atoms with Crippen LogP contribution in [-0.2, 0) is 9.84 Å². The van der Waals surface area contributed by atoms with Gasteiger partial charge in [0.15, 0.2) is 9.84 Å². The van der Waals surface area contributed by atoms with Gasteiger partial charge in [0.1, 0.15) is 0 Å². The minimum Gasteiger partial charge on any atom is -0.371 e. The molecule has 2 saturated heterocycles. The topological polar surface area (TPSA) is 40.6 Å². The molecule has 2 fully saturated rings. The molecule has 1 atom stereocenters. The predicted molar refractivity (Wildman–Crippen MR) is 91.6 cm³/mol. The minimum absolute atomic E-state index is 0.475. The zero-order valence-corrected chi connectivity index (χ0v) is 14.4. The highest BCUT2D eigenvalue weighted by molar-refractivity contribution is 7.90. The summed E-state index contributed by atoms with van der Waals surface area (Å²) in [6.07, 6.45) is 6.11. The van der Waals surface area contributed by atoms with Gasteiger partial charge in [-0.1, -0.05) is 6.92 Å². The van der Waals surface area contributed by atoms with Crippen LogP contribution in [0, 0.1) is 5.92 Å². The number of hydrogen-bond acceptors (Lipinski definition) is 4. The lowest BCUT2D eigenvalue weighted by Crippen LogP contribution is -2.34. The maximum atomic E-state index is 12.1. The van der Waals surface area contributed by atoms with Crippen molar-refractivity contribution in [3.05, 3.63) is 18.2 Å². The molecule has 0 N–H and O–H groups in total. The van der Waals surface area contributed by atoms with Crippen molar-refractivity contribution in [2.24, 2.45) is 5.92 Å². The van der Waals surface area contributed by atoms with Crippen molar-refractivity contribution in [3.8, 4) is 0 Å². The Morgan fingerprint density at radius 3 is 2.36 bits per heavy atom. The molecule has 1 aromatic carbocycles. The van der Waals surface area contributed by atoms with E-state index in [0.717, 1.165) is 44.7 Å². The van der Waals surface area contributed by atoms with Gasteiger partial charge in [-0.25, -0.2) is 8.42 Å². The average molecular weight is 322 g/mol. The molecular formula is C17H26N2O2S. The Morgan fingerprint density at radius 2 is 1.73 bits per heavy atom. The number of benzene rings is 1. The second-order valence-electron chi connectivity index (χ2n) is 6.81. The maximum absolute atomic E-state index is 12.1. The number of hydrogen-bond donors (Lipinski definition) is 0. The van der Waals surface area contributed by atoms with E-state index in [2.05, 4.69) is 22.8 Å². The molecule has 122 valence electrons. The fourth-order valence-corrected chi connectivity index (χ4v) is 4.53. The maximum Gasteiger partial charge on any atom is 0.177 e. The van der Waals surface area contributed by atoms with Gasteiger partial charge >= 0.3 is 0 Å². The van der Waals surface area contributed by atoms with Crippen LogP contribution in [0.3, 0.4) is 0 Å². The van der Waals surface area contributed by atoms with Crippen LogP contribution in [0.1, 0.15) is 32.6 Å². The van der Waals surface area contributed by atoms with Crippen LogP contribution in [0.4, 0.5) is 11.4 Å². The van der Waals surface area contributed by atoms with Gasteiger partial charge in [0.2, 0.25) is 0 Å². The van der Waals surface area contributed by atoms with Crippen LogP contribution in [0.15, 0.2) is 23.1 Å². The Balaban J connectivity index is 1.98. The molecule has 2 aliphatic rings. The van der Waals surface area contributed by atoms with E-state index in [1.54, 1.807) is 6.07 Å². The van der Waals surface area contributed by atoms with Crippen LogP contribution in [0.25, 0.3) is 0 Å². The standard InChI is InChI=1S/C17H26N2O2S/c1-14-6-5-11-19(13-14)15-7-8-17(22(2,20)21)16(12-15)18-9-3-4-10-18/h7-8,12,14H,3-6,9-11,13H2,1-2H3. The van der Waals surface area contributed by atoms with E-state index in [0.29, 0.717) is 10.8 Å². The summed E-state index contributed by atoms with van der Waals surface area (Å²) in [5, 5.41) is 0. The number of nitrogens with zero attached hydrogens (tertiary/aromatic N) is 2. The van der Waals surface area contributed by atoms with Crippen LogP contribution < -0.4 is 9.80 Å². The first-order valence-electron chi connectivity index (χ1n) is 8.29. The summed E-state index contributed by atoms with van der Waals surface area (Å²) in [5.74, 6) is 0.707. The Morgan fingerprint density at radius 1 is 1.05 bits per heavy atom. The van der Waals surface area contributed by atoms with Crippen molar-refractivity contribution in [1.29, 1.82) is 0 Å². The third-order valence-electron chi connectivity index (χ3n) is 4.81. The van der Waals surface area contributed by atoms with E-state index in [1.165, 1.54) is 24.8 Å². The molecule has 22 heavy (non-hydrogen) atoms. The summed E-state index contributed by atoms with van der Waals surface area (Å²) >= 11 is 0. The molecule has 0 amide bonds. The fraction of sp³-hybridized carbons (Fsp3) is 0.647. The minimum atomic E-state index is -3.19. The molecule has 1 unspecified atom stereocenters. The number of piperidine rings is 1. The monoisotopic (exact) mass is 322 g/mol. The van der Waals surface area contributed by atoms with Crippen LogP contribution >= 0.6 is 0 Å². The van der Waals surface area contributed by atoms with Crippen molar-refractivity contribution in [1.82, 2.24) is 0 Å². The molecule has 2 aliphatic heterocycles. The summed E-state index contributed by atoms with van der Waals surface area (Å²) in [4.78, 5) is 5.11. The summed E-state index contributed by atoms with van der Waals surface area (Å²) in [6.45, 7) is 6.35. The number of anilines is 2. The number of sulfone groups is 1. The Bertz CT molecular complexity index is 636. The quantitative estimate of drug-likeness (QED) is 0.858. The van der Waals surface area contributed by atoms with Gasteiger partial charge < -0.3 is 9.80 Å². The Labute approximate surface area is 134 Å². The van der Waals surface area contributed by atoms with Crippen molar-refractivity contribution in [2.45, 2.75) is 37.5 Å². The average Bonchev–Trinajstić information content (AvgIpc) is 3.00. The van der Waals surface area contributed by atoms with Crippen molar-refractivity contribution in [2.75, 3.05) is 42.2 Å². The predicted octanol–water partition coefficient (Wildman–Crippen LogP) is 2.93. The molecular weight excluding hydrogens is 296 g/mol. The summed E-state index contributed by atoms with van der Waals surface area (Å²) in [5.41, 5.74) is 2.07. The summed E-state index contributed by atoms with van der Waals surface area (Å²) < 4.78 is 24.2. The molecule has 3 rings (SSSR count). The molecule has 0 bridgehead atoms. The summed E-state index contributed by atoms with van der Waals surface area (Å²) in [6, 6.07) is 5.88. The zero-order chi connectivity index (χ0) is 15.7. The van der Waals surface area contributed by atoms with Gasteiger partial charge in [0.05, 0.1) is 10.6 Å². The van der Waals surface area contributed by atoms with E-state index in [1.807, 2.05) is 6.07 Å². The van der Waals surface area contributed by atoms with E-state index in [9.17, 15) is 8.42 Å². The molecule has 5 heteroatoms. The lowest BCUT2D eigenvalue weighted by atomic mass is 10.00. The second kappa shape index (κ2) is 6.11. The van der Waals surface area contributed by atoms with E-state index >= 15 is 0 Å². The van der Waals surface area contributed by atoms with E-state index in [-0.39, 0.29) is 0 Å². The van der Waals surface area contributed by atoms with Crippen LogP contribution in [0.5, 0.6) is 0 Å². The van der Waals surface area contributed by atoms with Gasteiger partial charge in [-0.15, -0.1) is 0 Å². The van der Waals surface area contributed by atoms with Gasteiger partial charge in [-0.3, -0.25) is 0 Å². The van der Waals surface area contributed by atoms with Gasteiger partial charge in [0, 0.05) is 38.1 Å². The summed E-state index contributed by atoms with van der Waals surface area (Å²) in [7, 11) is -3.19. The van der Waals surface area contributed by atoms with E-state index < -0.39 is 9.84 Å². The Kier molecular flexibility index (Phi) is 4.35. The molecule has 0 aromatic heterocycles. The fourth-order valence-electron chi connectivity index (χ4n) is 3.65. The molecule has 0 saturated carbocycles. The molecule has 1 aromatic rings.